The van der Waals surface area contributed by atoms with E-state index in [1.165, 1.54) is 50.0 Å². The molecule has 5 heteroatoms. The summed E-state index contributed by atoms with van der Waals surface area (Å²) in [5.41, 5.74) is 0.208. The second kappa shape index (κ2) is 6.88. The summed E-state index contributed by atoms with van der Waals surface area (Å²) in [5, 5.41) is 11.6. The molecule has 0 aromatic carbocycles. The average molecular weight is 308 g/mol. The second-order valence-corrected chi connectivity index (χ2v) is 7.34. The topological polar surface area (TPSA) is 53.4 Å². The van der Waals surface area contributed by atoms with Crippen LogP contribution in [0.25, 0.3) is 0 Å². The third-order valence-corrected chi connectivity index (χ3v) is 5.93. The first-order chi connectivity index (χ1) is 10.2. The van der Waals surface area contributed by atoms with Gasteiger partial charge in [0, 0.05) is 17.8 Å². The van der Waals surface area contributed by atoms with E-state index in [1.807, 2.05) is 0 Å². The molecule has 1 aliphatic carbocycles. The van der Waals surface area contributed by atoms with Crippen LogP contribution in [0, 0.1) is 5.92 Å². The number of hydrogen-bond acceptors (Lipinski definition) is 4. The predicted octanol–water partition coefficient (Wildman–Crippen LogP) is 3.60. The third kappa shape index (κ3) is 3.83. The van der Waals surface area contributed by atoms with Gasteiger partial charge in [0.1, 0.15) is 0 Å². The SMILES string of the molecule is O=C(O)c1csc(C2CCN(CC3CCCCC3)CC2)n1. The van der Waals surface area contributed by atoms with E-state index in [4.69, 9.17) is 5.11 Å². The van der Waals surface area contributed by atoms with Crippen molar-refractivity contribution in [1.82, 2.24) is 9.88 Å². The Hall–Kier alpha value is -0.940. The minimum absolute atomic E-state index is 0.208. The average Bonchev–Trinajstić information content (AvgIpc) is 2.99. The molecule has 1 N–H and O–H groups in total. The highest BCUT2D eigenvalue weighted by atomic mass is 32.1. The molecule has 2 fully saturated rings. The second-order valence-electron chi connectivity index (χ2n) is 6.46. The van der Waals surface area contributed by atoms with Gasteiger partial charge in [0.25, 0.3) is 0 Å². The van der Waals surface area contributed by atoms with Gasteiger partial charge in [0.2, 0.25) is 0 Å². The zero-order valence-corrected chi connectivity index (χ0v) is 13.3. The number of likely N-dealkylation sites (tertiary alicyclic amines) is 1. The number of hydrogen-bond donors (Lipinski definition) is 1. The molecule has 1 aliphatic heterocycles. The summed E-state index contributed by atoms with van der Waals surface area (Å²) in [6, 6.07) is 0. The van der Waals surface area contributed by atoms with E-state index < -0.39 is 5.97 Å². The minimum atomic E-state index is -0.910. The van der Waals surface area contributed by atoms with Crippen molar-refractivity contribution in [2.45, 2.75) is 50.9 Å². The van der Waals surface area contributed by atoms with Crippen LogP contribution in [0.15, 0.2) is 5.38 Å². The molecule has 0 unspecified atom stereocenters. The number of piperidine rings is 1. The molecule has 1 aromatic heterocycles. The fraction of sp³-hybridized carbons (Fsp3) is 0.750. The smallest absolute Gasteiger partial charge is 0.355 e. The van der Waals surface area contributed by atoms with Gasteiger partial charge in [-0.15, -0.1) is 11.3 Å². The Morgan fingerprint density at radius 3 is 2.57 bits per heavy atom. The van der Waals surface area contributed by atoms with Crippen LogP contribution in [-0.2, 0) is 0 Å². The van der Waals surface area contributed by atoms with Gasteiger partial charge in [-0.3, -0.25) is 0 Å². The van der Waals surface area contributed by atoms with Crippen molar-refractivity contribution in [1.29, 1.82) is 0 Å². The maximum Gasteiger partial charge on any atom is 0.355 e. The summed E-state index contributed by atoms with van der Waals surface area (Å²) >= 11 is 1.51. The van der Waals surface area contributed by atoms with Gasteiger partial charge in [-0.1, -0.05) is 19.3 Å². The number of carboxylic acids is 1. The molecule has 21 heavy (non-hydrogen) atoms. The van der Waals surface area contributed by atoms with Gasteiger partial charge >= 0.3 is 5.97 Å². The number of nitrogens with zero attached hydrogens (tertiary/aromatic N) is 2. The summed E-state index contributed by atoms with van der Waals surface area (Å²) in [4.78, 5) is 17.8. The van der Waals surface area contributed by atoms with Crippen molar-refractivity contribution in [3.05, 3.63) is 16.1 Å². The first-order valence-corrected chi connectivity index (χ1v) is 9.01. The Balaban J connectivity index is 1.48. The molecule has 4 nitrogen and oxygen atoms in total. The first-order valence-electron chi connectivity index (χ1n) is 8.13. The minimum Gasteiger partial charge on any atom is -0.476 e. The van der Waals surface area contributed by atoms with Crippen molar-refractivity contribution in [2.75, 3.05) is 19.6 Å². The van der Waals surface area contributed by atoms with Crippen LogP contribution in [0.4, 0.5) is 0 Å². The van der Waals surface area contributed by atoms with Gasteiger partial charge < -0.3 is 10.0 Å². The van der Waals surface area contributed by atoms with Gasteiger partial charge in [0.15, 0.2) is 5.69 Å². The molecule has 0 amide bonds. The fourth-order valence-corrected chi connectivity index (χ4v) is 4.64. The summed E-state index contributed by atoms with van der Waals surface area (Å²) in [6.45, 7) is 3.55. The van der Waals surface area contributed by atoms with E-state index in [9.17, 15) is 4.79 Å². The molecule has 0 radical (unpaired) electrons. The Morgan fingerprint density at radius 1 is 1.24 bits per heavy atom. The number of aromatic nitrogens is 1. The van der Waals surface area contributed by atoms with E-state index in [0.717, 1.165) is 36.9 Å². The van der Waals surface area contributed by atoms with Crippen molar-refractivity contribution >= 4 is 17.3 Å². The van der Waals surface area contributed by atoms with Crippen LogP contribution in [0.5, 0.6) is 0 Å². The summed E-state index contributed by atoms with van der Waals surface area (Å²) in [5.74, 6) is 0.465. The number of aromatic carboxylic acids is 1. The van der Waals surface area contributed by atoms with E-state index in [0.29, 0.717) is 5.92 Å². The summed E-state index contributed by atoms with van der Waals surface area (Å²) in [7, 11) is 0. The van der Waals surface area contributed by atoms with E-state index >= 15 is 0 Å². The molecule has 3 rings (SSSR count). The lowest BCUT2D eigenvalue weighted by atomic mass is 9.88. The lowest BCUT2D eigenvalue weighted by molar-refractivity contribution is 0.0691. The van der Waals surface area contributed by atoms with Gasteiger partial charge in [0.05, 0.1) is 5.01 Å². The zero-order valence-electron chi connectivity index (χ0n) is 12.5. The normalized spacial score (nSPS) is 22.5. The number of carboxylic acid groups (broad SMARTS) is 1. The Labute approximate surface area is 130 Å². The van der Waals surface area contributed by atoms with Crippen molar-refractivity contribution in [3.63, 3.8) is 0 Å². The fourth-order valence-electron chi connectivity index (χ4n) is 3.67. The summed E-state index contributed by atoms with van der Waals surface area (Å²) < 4.78 is 0. The highest BCUT2D eigenvalue weighted by molar-refractivity contribution is 7.09. The number of carbonyl (C=O) groups is 1. The molecule has 0 spiro atoms. The summed E-state index contributed by atoms with van der Waals surface area (Å²) in [6.07, 6.45) is 9.33. The van der Waals surface area contributed by atoms with Crippen LogP contribution in [-0.4, -0.2) is 40.6 Å². The van der Waals surface area contributed by atoms with Crippen molar-refractivity contribution < 1.29 is 9.90 Å². The van der Waals surface area contributed by atoms with Crippen LogP contribution >= 0.6 is 11.3 Å². The lowest BCUT2D eigenvalue weighted by Gasteiger charge is -2.34. The molecule has 0 bridgehead atoms. The Kier molecular flexibility index (Phi) is 4.91. The van der Waals surface area contributed by atoms with E-state index in [2.05, 4.69) is 9.88 Å². The zero-order chi connectivity index (χ0) is 14.7. The molecule has 1 saturated carbocycles. The maximum atomic E-state index is 10.9. The van der Waals surface area contributed by atoms with E-state index in [1.54, 1.807) is 5.38 Å². The molecule has 2 heterocycles. The molecule has 1 aromatic rings. The largest absolute Gasteiger partial charge is 0.476 e. The van der Waals surface area contributed by atoms with E-state index in [-0.39, 0.29) is 5.69 Å². The van der Waals surface area contributed by atoms with Gasteiger partial charge in [-0.25, -0.2) is 9.78 Å². The van der Waals surface area contributed by atoms with Crippen molar-refractivity contribution in [2.24, 2.45) is 5.92 Å². The molecule has 0 atom stereocenters. The lowest BCUT2D eigenvalue weighted by Crippen LogP contribution is -2.37. The maximum absolute atomic E-state index is 10.9. The quantitative estimate of drug-likeness (QED) is 0.923. The molecule has 1 saturated heterocycles. The number of thiazole rings is 1. The Morgan fingerprint density at radius 2 is 1.95 bits per heavy atom. The molecule has 116 valence electrons. The van der Waals surface area contributed by atoms with Crippen LogP contribution in [0.3, 0.4) is 0 Å². The predicted molar refractivity (Wildman–Crippen MR) is 84.1 cm³/mol. The molecule has 2 aliphatic rings. The number of rotatable bonds is 4. The van der Waals surface area contributed by atoms with Crippen molar-refractivity contribution in [3.8, 4) is 0 Å². The van der Waals surface area contributed by atoms with Crippen LogP contribution in [0.2, 0.25) is 0 Å². The highest BCUT2D eigenvalue weighted by Gasteiger charge is 2.25. The molecular formula is C16H24N2O2S. The third-order valence-electron chi connectivity index (χ3n) is 4.92. The Bertz CT molecular complexity index is 474. The van der Waals surface area contributed by atoms with Crippen LogP contribution in [0.1, 0.15) is 66.4 Å². The van der Waals surface area contributed by atoms with Crippen LogP contribution < -0.4 is 0 Å². The van der Waals surface area contributed by atoms with Gasteiger partial charge in [-0.05, 0) is 44.7 Å². The first kappa shape index (κ1) is 15.0. The molecular weight excluding hydrogens is 284 g/mol. The monoisotopic (exact) mass is 308 g/mol. The standard InChI is InChI=1S/C16H24N2O2S/c19-16(20)14-11-21-15(17-14)13-6-8-18(9-7-13)10-12-4-2-1-3-5-12/h11-13H,1-10H2,(H,19,20). The highest BCUT2D eigenvalue weighted by Crippen LogP contribution is 2.32. The van der Waals surface area contributed by atoms with Gasteiger partial charge in [-0.2, -0.15) is 0 Å².